The van der Waals surface area contributed by atoms with E-state index in [9.17, 15) is 18.0 Å². The maximum Gasteiger partial charge on any atom is 0.248 e. The molecule has 180 valence electrons. The predicted octanol–water partition coefficient (Wildman–Crippen LogP) is 2.06. The van der Waals surface area contributed by atoms with Crippen molar-refractivity contribution >= 4 is 33.2 Å². The second kappa shape index (κ2) is 9.94. The normalized spacial score (nSPS) is 18.6. The molecule has 0 spiro atoms. The lowest BCUT2D eigenvalue weighted by Gasteiger charge is -2.36. The van der Waals surface area contributed by atoms with Crippen LogP contribution in [0.3, 0.4) is 0 Å². The van der Waals surface area contributed by atoms with E-state index in [4.69, 9.17) is 4.52 Å². The van der Waals surface area contributed by atoms with Crippen molar-refractivity contribution in [3.63, 3.8) is 0 Å². The molecule has 0 radical (unpaired) electrons. The van der Waals surface area contributed by atoms with Crippen LogP contribution in [0, 0.1) is 19.8 Å². The first-order valence-electron chi connectivity index (χ1n) is 11.3. The summed E-state index contributed by atoms with van der Waals surface area (Å²) in [6.45, 7) is 6.22. The number of thiophene rings is 1. The second-order valence-corrected chi connectivity index (χ2v) is 11.6. The van der Waals surface area contributed by atoms with Gasteiger partial charge in [0, 0.05) is 50.6 Å². The van der Waals surface area contributed by atoms with Crippen molar-refractivity contribution < 1.29 is 22.5 Å². The van der Waals surface area contributed by atoms with Gasteiger partial charge in [0.1, 0.15) is 10.6 Å². The average Bonchev–Trinajstić information content (AvgIpc) is 3.43. The minimum Gasteiger partial charge on any atom is -0.360 e. The van der Waals surface area contributed by atoms with E-state index in [1.54, 1.807) is 25.2 Å². The fourth-order valence-electron chi connectivity index (χ4n) is 4.58. The quantitative estimate of drug-likeness (QED) is 0.609. The number of carbonyl (C=O) groups is 2. The highest BCUT2D eigenvalue weighted by atomic mass is 32.2. The van der Waals surface area contributed by atoms with E-state index >= 15 is 0 Å². The molecule has 9 nitrogen and oxygen atoms in total. The summed E-state index contributed by atoms with van der Waals surface area (Å²) in [6, 6.07) is 3.91. The Hall–Kier alpha value is -2.24. The molecule has 0 atom stereocenters. The number of aryl methyl sites for hydroxylation is 2. The largest absolute Gasteiger partial charge is 0.360 e. The summed E-state index contributed by atoms with van der Waals surface area (Å²) in [5.74, 6) is 0.661. The van der Waals surface area contributed by atoms with E-state index in [1.807, 2.05) is 27.3 Å². The van der Waals surface area contributed by atoms with Gasteiger partial charge in [0.25, 0.3) is 0 Å². The zero-order chi connectivity index (χ0) is 23.6. The molecular formula is C22H30N4O5S2. The van der Waals surface area contributed by atoms with Gasteiger partial charge in [-0.1, -0.05) is 11.2 Å². The van der Waals surface area contributed by atoms with E-state index < -0.39 is 10.0 Å². The first-order valence-corrected chi connectivity index (χ1v) is 13.6. The minimum atomic E-state index is -3.64. The molecule has 0 N–H and O–H groups in total. The minimum absolute atomic E-state index is 0.0902. The van der Waals surface area contributed by atoms with E-state index in [-0.39, 0.29) is 22.6 Å². The van der Waals surface area contributed by atoms with Gasteiger partial charge in [0.2, 0.25) is 21.8 Å². The lowest BCUT2D eigenvalue weighted by atomic mass is 9.94. The molecule has 2 aromatic rings. The maximum absolute atomic E-state index is 13.0. The van der Waals surface area contributed by atoms with Gasteiger partial charge >= 0.3 is 0 Å². The summed E-state index contributed by atoms with van der Waals surface area (Å²) in [7, 11) is -3.64. The SMILES string of the molecule is Cc1noc(C)c1S(=O)(=O)N1CCC(CC(=O)N2CCN(C(=O)Cc3cccs3)CC2)CC1. The molecule has 2 amide bonds. The van der Waals surface area contributed by atoms with Crippen LogP contribution in [-0.4, -0.2) is 78.8 Å². The van der Waals surface area contributed by atoms with Crippen LogP contribution in [0.1, 0.15) is 35.6 Å². The summed E-state index contributed by atoms with van der Waals surface area (Å²) in [4.78, 5) is 30.2. The molecule has 0 saturated carbocycles. The molecule has 4 rings (SSSR count). The molecule has 2 aromatic heterocycles. The molecule has 0 aliphatic carbocycles. The Morgan fingerprint density at radius 3 is 2.24 bits per heavy atom. The Kier molecular flexibility index (Phi) is 7.20. The molecule has 0 aromatic carbocycles. The number of sulfonamides is 1. The summed E-state index contributed by atoms with van der Waals surface area (Å²) in [5, 5.41) is 5.73. The number of aromatic nitrogens is 1. The Bertz CT molecular complexity index is 1060. The zero-order valence-corrected chi connectivity index (χ0v) is 20.7. The Morgan fingerprint density at radius 1 is 1.06 bits per heavy atom. The van der Waals surface area contributed by atoms with Crippen molar-refractivity contribution in [1.82, 2.24) is 19.3 Å². The van der Waals surface area contributed by atoms with Crippen molar-refractivity contribution in [3.8, 4) is 0 Å². The van der Waals surface area contributed by atoms with Crippen LogP contribution in [0.4, 0.5) is 0 Å². The average molecular weight is 495 g/mol. The number of nitrogens with zero attached hydrogens (tertiary/aromatic N) is 4. The monoisotopic (exact) mass is 494 g/mol. The Morgan fingerprint density at radius 2 is 1.70 bits per heavy atom. The van der Waals surface area contributed by atoms with Crippen LogP contribution in [0.15, 0.2) is 26.9 Å². The van der Waals surface area contributed by atoms with Gasteiger partial charge in [-0.15, -0.1) is 11.3 Å². The number of piperidine rings is 1. The topological polar surface area (TPSA) is 104 Å². The highest BCUT2D eigenvalue weighted by Crippen LogP contribution is 2.29. The first-order chi connectivity index (χ1) is 15.8. The van der Waals surface area contributed by atoms with E-state index in [0.29, 0.717) is 76.4 Å². The molecule has 4 heterocycles. The van der Waals surface area contributed by atoms with Crippen molar-refractivity contribution in [2.24, 2.45) is 5.92 Å². The van der Waals surface area contributed by atoms with Crippen LogP contribution in [0.2, 0.25) is 0 Å². The van der Waals surface area contributed by atoms with Gasteiger partial charge in [0.05, 0.1) is 6.42 Å². The Labute approximate surface area is 198 Å². The number of hydrogen-bond donors (Lipinski definition) is 0. The van der Waals surface area contributed by atoms with Gasteiger partial charge in [-0.05, 0) is 44.1 Å². The van der Waals surface area contributed by atoms with Crippen LogP contribution in [0.5, 0.6) is 0 Å². The maximum atomic E-state index is 13.0. The number of hydrogen-bond acceptors (Lipinski definition) is 7. The van der Waals surface area contributed by atoms with Crippen LogP contribution in [0.25, 0.3) is 0 Å². The highest BCUT2D eigenvalue weighted by molar-refractivity contribution is 7.89. The van der Waals surface area contributed by atoms with Crippen LogP contribution >= 0.6 is 11.3 Å². The smallest absolute Gasteiger partial charge is 0.248 e. The van der Waals surface area contributed by atoms with Gasteiger partial charge in [-0.25, -0.2) is 8.42 Å². The number of rotatable bonds is 6. The molecular weight excluding hydrogens is 464 g/mol. The van der Waals surface area contributed by atoms with E-state index in [1.165, 1.54) is 4.31 Å². The number of piperazine rings is 1. The van der Waals surface area contributed by atoms with Gasteiger partial charge < -0.3 is 14.3 Å². The van der Waals surface area contributed by atoms with Gasteiger partial charge in [-0.2, -0.15) is 4.31 Å². The van der Waals surface area contributed by atoms with Crippen LogP contribution in [-0.2, 0) is 26.0 Å². The highest BCUT2D eigenvalue weighted by Gasteiger charge is 2.35. The zero-order valence-electron chi connectivity index (χ0n) is 19.0. The fourth-order valence-corrected chi connectivity index (χ4v) is 7.04. The number of carbonyl (C=O) groups excluding carboxylic acids is 2. The lowest BCUT2D eigenvalue weighted by Crippen LogP contribution is -2.51. The third kappa shape index (κ3) is 5.30. The van der Waals surface area contributed by atoms with Crippen molar-refractivity contribution in [2.45, 2.75) is 44.4 Å². The number of amides is 2. The van der Waals surface area contributed by atoms with E-state index in [2.05, 4.69) is 5.16 Å². The third-order valence-electron chi connectivity index (χ3n) is 6.49. The summed E-state index contributed by atoms with van der Waals surface area (Å²) >= 11 is 1.58. The van der Waals surface area contributed by atoms with Crippen molar-refractivity contribution in [2.75, 3.05) is 39.3 Å². The molecule has 0 bridgehead atoms. The molecule has 0 unspecified atom stereocenters. The summed E-state index contributed by atoms with van der Waals surface area (Å²) in [5.41, 5.74) is 0.373. The van der Waals surface area contributed by atoms with Gasteiger partial charge in [-0.3, -0.25) is 9.59 Å². The molecule has 2 aliphatic heterocycles. The fraction of sp³-hybridized carbons (Fsp3) is 0.591. The Balaban J connectivity index is 1.23. The predicted molar refractivity (Wildman–Crippen MR) is 123 cm³/mol. The van der Waals surface area contributed by atoms with Crippen molar-refractivity contribution in [1.29, 1.82) is 0 Å². The van der Waals surface area contributed by atoms with Gasteiger partial charge in [0.15, 0.2) is 5.76 Å². The molecule has 2 aliphatic rings. The summed E-state index contributed by atoms with van der Waals surface area (Å²) in [6.07, 6.45) is 2.13. The third-order valence-corrected chi connectivity index (χ3v) is 9.51. The second-order valence-electron chi connectivity index (χ2n) is 8.72. The molecule has 33 heavy (non-hydrogen) atoms. The first kappa shape index (κ1) is 23.9. The van der Waals surface area contributed by atoms with Crippen molar-refractivity contribution in [3.05, 3.63) is 33.8 Å². The van der Waals surface area contributed by atoms with E-state index in [0.717, 1.165) is 4.88 Å². The lowest BCUT2D eigenvalue weighted by molar-refractivity contribution is -0.139. The van der Waals surface area contributed by atoms with Crippen LogP contribution < -0.4 is 0 Å². The molecule has 11 heteroatoms. The standard InChI is InChI=1S/C22H30N4O5S2/c1-16-22(17(2)31-23-16)33(29,30)26-7-5-18(6-8-26)14-20(27)24-9-11-25(12-10-24)21(28)15-19-4-3-13-32-19/h3-4,13,18H,5-12,14-15H2,1-2H3. The summed E-state index contributed by atoms with van der Waals surface area (Å²) < 4.78 is 32.4. The molecule has 2 fully saturated rings. The molecule has 2 saturated heterocycles.